The van der Waals surface area contributed by atoms with Gasteiger partial charge in [0.25, 0.3) is 0 Å². The smallest absolute Gasteiger partial charge is 0.303 e. The first-order chi connectivity index (χ1) is 6.91. The summed E-state index contributed by atoms with van der Waals surface area (Å²) < 4.78 is 0. The second-order valence-corrected chi connectivity index (χ2v) is 3.98. The number of hydrogen-bond acceptors (Lipinski definition) is 3. The number of aliphatic carboxylic acids is 1. The molecule has 0 aromatic heterocycles. The van der Waals surface area contributed by atoms with E-state index in [9.17, 15) is 14.4 Å². The van der Waals surface area contributed by atoms with Gasteiger partial charge in [-0.25, -0.2) is 0 Å². The molecule has 0 aliphatic rings. The van der Waals surface area contributed by atoms with E-state index >= 15 is 0 Å². The number of carboxylic acids is 1. The zero-order chi connectivity index (χ0) is 11.8. The molecule has 0 bridgehead atoms. The number of Topliss-reactive ketones (excluding diaryl/α,β-unsaturated/α-hetero) is 2. The average Bonchev–Trinajstić information content (AvgIpc) is 2.11. The van der Waals surface area contributed by atoms with Crippen molar-refractivity contribution in [3.05, 3.63) is 0 Å². The lowest BCUT2D eigenvalue weighted by molar-refractivity contribution is -0.138. The van der Waals surface area contributed by atoms with Crippen LogP contribution in [0.3, 0.4) is 0 Å². The molecule has 1 unspecified atom stereocenters. The van der Waals surface area contributed by atoms with Crippen LogP contribution in [0.1, 0.15) is 46.0 Å². The Morgan fingerprint density at radius 2 is 1.73 bits per heavy atom. The molecular formula is C11H18O4. The van der Waals surface area contributed by atoms with Gasteiger partial charge in [0.2, 0.25) is 0 Å². The van der Waals surface area contributed by atoms with E-state index in [1.807, 2.05) is 6.92 Å². The fourth-order valence-electron chi connectivity index (χ4n) is 1.29. The minimum absolute atomic E-state index is 0.0338. The Hall–Kier alpha value is -1.19. The number of hydrogen-bond donors (Lipinski definition) is 1. The van der Waals surface area contributed by atoms with Crippen molar-refractivity contribution in [2.24, 2.45) is 5.92 Å². The molecule has 0 aromatic rings. The van der Waals surface area contributed by atoms with Crippen molar-refractivity contribution < 1.29 is 19.5 Å². The van der Waals surface area contributed by atoms with E-state index in [0.717, 1.165) is 0 Å². The van der Waals surface area contributed by atoms with Crippen molar-refractivity contribution in [3.63, 3.8) is 0 Å². The van der Waals surface area contributed by atoms with E-state index in [2.05, 4.69) is 0 Å². The Balaban J connectivity index is 3.66. The van der Waals surface area contributed by atoms with Crippen LogP contribution in [0.5, 0.6) is 0 Å². The highest BCUT2D eigenvalue weighted by atomic mass is 16.4. The van der Waals surface area contributed by atoms with Crippen LogP contribution in [0, 0.1) is 5.92 Å². The Kier molecular flexibility index (Phi) is 6.58. The predicted molar refractivity (Wildman–Crippen MR) is 55.6 cm³/mol. The lowest BCUT2D eigenvalue weighted by Crippen LogP contribution is -2.09. The zero-order valence-electron chi connectivity index (χ0n) is 9.28. The van der Waals surface area contributed by atoms with Crippen molar-refractivity contribution in [2.75, 3.05) is 0 Å². The largest absolute Gasteiger partial charge is 0.481 e. The molecule has 1 N–H and O–H groups in total. The van der Waals surface area contributed by atoms with Crippen LogP contribution >= 0.6 is 0 Å². The molecular weight excluding hydrogens is 196 g/mol. The van der Waals surface area contributed by atoms with Crippen LogP contribution in [-0.4, -0.2) is 22.6 Å². The molecule has 0 rings (SSSR count). The molecule has 0 spiro atoms. The SMILES string of the molecule is CC(=O)CCC(C)CC(=O)CCC(=O)O. The number of carboxylic acid groups (broad SMARTS) is 1. The van der Waals surface area contributed by atoms with Gasteiger partial charge < -0.3 is 9.90 Å². The van der Waals surface area contributed by atoms with E-state index in [1.165, 1.54) is 6.92 Å². The van der Waals surface area contributed by atoms with E-state index < -0.39 is 5.97 Å². The van der Waals surface area contributed by atoms with E-state index in [4.69, 9.17) is 5.11 Å². The van der Waals surface area contributed by atoms with Gasteiger partial charge in [-0.3, -0.25) is 9.59 Å². The van der Waals surface area contributed by atoms with Gasteiger partial charge in [0.15, 0.2) is 0 Å². The van der Waals surface area contributed by atoms with Gasteiger partial charge >= 0.3 is 5.97 Å². The lowest BCUT2D eigenvalue weighted by Gasteiger charge is -2.08. The third-order valence-electron chi connectivity index (χ3n) is 2.18. The number of ketones is 2. The average molecular weight is 214 g/mol. The molecule has 4 heteroatoms. The fourth-order valence-corrected chi connectivity index (χ4v) is 1.29. The van der Waals surface area contributed by atoms with Gasteiger partial charge in [-0.2, -0.15) is 0 Å². The summed E-state index contributed by atoms with van der Waals surface area (Å²) in [6, 6.07) is 0. The second-order valence-electron chi connectivity index (χ2n) is 3.98. The van der Waals surface area contributed by atoms with Gasteiger partial charge in [0.1, 0.15) is 11.6 Å². The maximum absolute atomic E-state index is 11.3. The van der Waals surface area contributed by atoms with Gasteiger partial charge in [-0.15, -0.1) is 0 Å². The predicted octanol–water partition coefficient (Wildman–Crippen LogP) is 1.82. The summed E-state index contributed by atoms with van der Waals surface area (Å²) in [7, 11) is 0. The summed E-state index contributed by atoms with van der Waals surface area (Å²) in [5.41, 5.74) is 0. The van der Waals surface area contributed by atoms with E-state index in [0.29, 0.717) is 19.3 Å². The minimum atomic E-state index is -0.945. The molecule has 0 heterocycles. The van der Waals surface area contributed by atoms with Crippen LogP contribution in [0.25, 0.3) is 0 Å². The summed E-state index contributed by atoms with van der Waals surface area (Å²) in [5, 5.41) is 8.38. The first-order valence-corrected chi connectivity index (χ1v) is 5.14. The maximum Gasteiger partial charge on any atom is 0.303 e. The Labute approximate surface area is 89.7 Å². The molecule has 0 aliphatic heterocycles. The molecule has 4 nitrogen and oxygen atoms in total. The molecule has 0 saturated carbocycles. The van der Waals surface area contributed by atoms with Crippen molar-refractivity contribution in [2.45, 2.75) is 46.0 Å². The zero-order valence-corrected chi connectivity index (χ0v) is 9.28. The van der Waals surface area contributed by atoms with Gasteiger partial charge in [0.05, 0.1) is 6.42 Å². The first kappa shape index (κ1) is 13.8. The van der Waals surface area contributed by atoms with Crippen LogP contribution < -0.4 is 0 Å². The Bertz CT molecular complexity index is 245. The summed E-state index contributed by atoms with van der Waals surface area (Å²) in [4.78, 5) is 32.1. The lowest BCUT2D eigenvalue weighted by atomic mass is 9.96. The molecule has 86 valence electrons. The van der Waals surface area contributed by atoms with Gasteiger partial charge in [0, 0.05) is 19.3 Å². The van der Waals surface area contributed by atoms with Crippen molar-refractivity contribution in [1.82, 2.24) is 0 Å². The molecule has 15 heavy (non-hydrogen) atoms. The monoisotopic (exact) mass is 214 g/mol. The van der Waals surface area contributed by atoms with E-state index in [-0.39, 0.29) is 30.3 Å². The number of carbonyl (C=O) groups excluding carboxylic acids is 2. The number of carbonyl (C=O) groups is 3. The van der Waals surface area contributed by atoms with Crippen LogP contribution in [0.15, 0.2) is 0 Å². The normalized spacial score (nSPS) is 12.1. The molecule has 0 fully saturated rings. The summed E-state index contributed by atoms with van der Waals surface area (Å²) >= 11 is 0. The van der Waals surface area contributed by atoms with Gasteiger partial charge in [-0.05, 0) is 19.3 Å². The second kappa shape index (κ2) is 7.15. The summed E-state index contributed by atoms with van der Waals surface area (Å²) in [6.45, 7) is 3.43. The van der Waals surface area contributed by atoms with E-state index in [1.54, 1.807) is 0 Å². The molecule has 0 amide bonds. The Morgan fingerprint density at radius 3 is 2.20 bits per heavy atom. The standard InChI is InChI=1S/C11H18O4/c1-8(3-4-9(2)12)7-10(13)5-6-11(14)15/h8H,3-7H2,1-2H3,(H,14,15). The van der Waals surface area contributed by atoms with Gasteiger partial charge in [-0.1, -0.05) is 6.92 Å². The molecule has 0 aliphatic carbocycles. The van der Waals surface area contributed by atoms with Crippen LogP contribution in [0.4, 0.5) is 0 Å². The maximum atomic E-state index is 11.3. The highest BCUT2D eigenvalue weighted by Crippen LogP contribution is 2.12. The third kappa shape index (κ3) is 9.12. The fraction of sp³-hybridized carbons (Fsp3) is 0.727. The first-order valence-electron chi connectivity index (χ1n) is 5.14. The van der Waals surface area contributed by atoms with Crippen molar-refractivity contribution in [1.29, 1.82) is 0 Å². The van der Waals surface area contributed by atoms with Crippen molar-refractivity contribution in [3.8, 4) is 0 Å². The minimum Gasteiger partial charge on any atom is -0.481 e. The number of rotatable bonds is 8. The highest BCUT2D eigenvalue weighted by molar-refractivity contribution is 5.82. The molecule has 0 radical (unpaired) electrons. The summed E-state index contributed by atoms with van der Waals surface area (Å²) in [5.74, 6) is -0.691. The quantitative estimate of drug-likeness (QED) is 0.669. The molecule has 1 atom stereocenters. The van der Waals surface area contributed by atoms with Crippen molar-refractivity contribution >= 4 is 17.5 Å². The van der Waals surface area contributed by atoms with Crippen LogP contribution in [0.2, 0.25) is 0 Å². The summed E-state index contributed by atoms with van der Waals surface area (Å²) in [6.07, 6.45) is 1.57. The third-order valence-corrected chi connectivity index (χ3v) is 2.18. The van der Waals surface area contributed by atoms with Crippen LogP contribution in [-0.2, 0) is 14.4 Å². The molecule has 0 saturated heterocycles. The topological polar surface area (TPSA) is 71.4 Å². The molecule has 0 aromatic carbocycles. The highest BCUT2D eigenvalue weighted by Gasteiger charge is 2.11. The Morgan fingerprint density at radius 1 is 1.13 bits per heavy atom.